The van der Waals surface area contributed by atoms with Gasteiger partial charge in [0.2, 0.25) is 0 Å². The third-order valence-corrected chi connectivity index (χ3v) is 2.37. The van der Waals surface area contributed by atoms with Crippen LogP contribution >= 0.6 is 0 Å². The van der Waals surface area contributed by atoms with E-state index in [9.17, 15) is 8.78 Å². The molecule has 0 aliphatic heterocycles. The van der Waals surface area contributed by atoms with E-state index in [4.69, 9.17) is 5.73 Å². The van der Waals surface area contributed by atoms with E-state index in [0.29, 0.717) is 5.56 Å². The van der Waals surface area contributed by atoms with Gasteiger partial charge in [-0.15, -0.1) is 0 Å². The molecule has 1 atom stereocenters. The van der Waals surface area contributed by atoms with E-state index in [1.54, 1.807) is 6.92 Å². The summed E-state index contributed by atoms with van der Waals surface area (Å²) in [4.78, 5) is 0. The monoisotopic (exact) mass is 199 g/mol. The van der Waals surface area contributed by atoms with Crippen LogP contribution in [0, 0.1) is 24.5 Å². The Hall–Kier alpha value is -0.960. The second kappa shape index (κ2) is 4.05. The van der Waals surface area contributed by atoms with Crippen LogP contribution in [0.1, 0.15) is 31.0 Å². The Bertz CT molecular complexity index is 334. The lowest BCUT2D eigenvalue weighted by Gasteiger charge is -2.18. The molecule has 1 aromatic rings. The second-order valence-corrected chi connectivity index (χ2v) is 3.86. The van der Waals surface area contributed by atoms with Crippen molar-refractivity contribution in [2.45, 2.75) is 26.8 Å². The van der Waals surface area contributed by atoms with Gasteiger partial charge in [-0.2, -0.15) is 0 Å². The molecule has 0 aliphatic carbocycles. The number of hydrogen-bond acceptors (Lipinski definition) is 1. The smallest absolute Gasteiger partial charge is 0.133 e. The van der Waals surface area contributed by atoms with E-state index < -0.39 is 17.7 Å². The first-order valence-electron chi connectivity index (χ1n) is 4.65. The molecule has 0 saturated heterocycles. The zero-order chi connectivity index (χ0) is 10.9. The van der Waals surface area contributed by atoms with Crippen LogP contribution in [0.4, 0.5) is 8.78 Å². The van der Waals surface area contributed by atoms with Gasteiger partial charge in [0.05, 0.1) is 0 Å². The fourth-order valence-electron chi connectivity index (χ4n) is 1.32. The van der Waals surface area contributed by atoms with Crippen molar-refractivity contribution in [2.24, 2.45) is 11.7 Å². The fourth-order valence-corrected chi connectivity index (χ4v) is 1.32. The quantitative estimate of drug-likeness (QED) is 0.778. The van der Waals surface area contributed by atoms with Crippen LogP contribution in [0.2, 0.25) is 0 Å². The fraction of sp³-hybridized carbons (Fsp3) is 0.455. The van der Waals surface area contributed by atoms with Gasteiger partial charge in [0.15, 0.2) is 0 Å². The molecule has 3 heteroatoms. The largest absolute Gasteiger partial charge is 0.324 e. The summed E-state index contributed by atoms with van der Waals surface area (Å²) in [7, 11) is 0. The van der Waals surface area contributed by atoms with E-state index in [-0.39, 0.29) is 11.5 Å². The number of nitrogens with two attached hydrogens (primary N) is 1. The van der Waals surface area contributed by atoms with Gasteiger partial charge in [0.1, 0.15) is 11.6 Å². The van der Waals surface area contributed by atoms with Crippen LogP contribution in [0.3, 0.4) is 0 Å². The molecule has 0 heterocycles. The zero-order valence-electron chi connectivity index (χ0n) is 8.64. The minimum atomic E-state index is -0.588. The standard InChI is InChI=1S/C11H15F2N/c1-6(2)11(14)9-8(12)5-4-7(3)10(9)13/h4-6,11H,14H2,1-3H3/t11-/m0/s1. The predicted octanol–water partition coefficient (Wildman–Crippen LogP) is 2.93. The summed E-state index contributed by atoms with van der Waals surface area (Å²) in [6.07, 6.45) is 0. The van der Waals surface area contributed by atoms with Crippen LogP contribution in [0.15, 0.2) is 12.1 Å². The number of hydrogen-bond donors (Lipinski definition) is 1. The summed E-state index contributed by atoms with van der Waals surface area (Å²) < 4.78 is 26.9. The highest BCUT2D eigenvalue weighted by Gasteiger charge is 2.20. The molecule has 0 unspecified atom stereocenters. The summed E-state index contributed by atoms with van der Waals surface area (Å²) in [5, 5.41) is 0. The van der Waals surface area contributed by atoms with E-state index in [0.717, 1.165) is 0 Å². The summed E-state index contributed by atoms with van der Waals surface area (Å²) in [6.45, 7) is 5.28. The highest BCUT2D eigenvalue weighted by atomic mass is 19.1. The van der Waals surface area contributed by atoms with Crippen LogP contribution in [-0.4, -0.2) is 0 Å². The Morgan fingerprint density at radius 1 is 1.21 bits per heavy atom. The van der Waals surface area contributed by atoms with Crippen molar-refractivity contribution in [3.8, 4) is 0 Å². The summed E-state index contributed by atoms with van der Waals surface area (Å²) >= 11 is 0. The molecule has 2 N–H and O–H groups in total. The first-order chi connectivity index (χ1) is 6.45. The minimum absolute atomic E-state index is 0.000000000000000222. The van der Waals surface area contributed by atoms with Crippen molar-refractivity contribution in [1.82, 2.24) is 0 Å². The van der Waals surface area contributed by atoms with Crippen molar-refractivity contribution in [3.05, 3.63) is 34.9 Å². The van der Waals surface area contributed by atoms with Gasteiger partial charge >= 0.3 is 0 Å². The second-order valence-electron chi connectivity index (χ2n) is 3.86. The Labute approximate surface area is 82.9 Å². The Morgan fingerprint density at radius 2 is 1.79 bits per heavy atom. The van der Waals surface area contributed by atoms with Gasteiger partial charge in [-0.3, -0.25) is 0 Å². The number of halogens is 2. The van der Waals surface area contributed by atoms with E-state index >= 15 is 0 Å². The molecule has 0 bridgehead atoms. The van der Waals surface area contributed by atoms with Crippen molar-refractivity contribution >= 4 is 0 Å². The molecule has 1 aromatic carbocycles. The number of rotatable bonds is 2. The summed E-state index contributed by atoms with van der Waals surface area (Å²) in [5.74, 6) is -1.07. The lowest BCUT2D eigenvalue weighted by atomic mass is 9.94. The number of benzene rings is 1. The molecule has 0 aliphatic rings. The molecule has 0 amide bonds. The molecule has 0 fully saturated rings. The molecule has 0 saturated carbocycles. The van der Waals surface area contributed by atoms with Gasteiger partial charge in [-0.05, 0) is 24.5 Å². The van der Waals surface area contributed by atoms with E-state index in [1.807, 2.05) is 13.8 Å². The van der Waals surface area contributed by atoms with E-state index in [1.165, 1.54) is 12.1 Å². The van der Waals surface area contributed by atoms with Gasteiger partial charge in [-0.1, -0.05) is 19.9 Å². The topological polar surface area (TPSA) is 26.0 Å². The lowest BCUT2D eigenvalue weighted by molar-refractivity contribution is 0.452. The maximum atomic E-state index is 13.6. The molecule has 1 rings (SSSR count). The maximum Gasteiger partial charge on any atom is 0.133 e. The molecular formula is C11H15F2N. The van der Waals surface area contributed by atoms with Crippen molar-refractivity contribution in [2.75, 3.05) is 0 Å². The lowest BCUT2D eigenvalue weighted by Crippen LogP contribution is -2.20. The third kappa shape index (κ3) is 1.93. The summed E-state index contributed by atoms with van der Waals surface area (Å²) in [6, 6.07) is 2.09. The first-order valence-corrected chi connectivity index (χ1v) is 4.65. The normalized spacial score (nSPS) is 13.4. The van der Waals surface area contributed by atoms with Crippen molar-refractivity contribution in [1.29, 1.82) is 0 Å². The molecular weight excluding hydrogens is 184 g/mol. The van der Waals surface area contributed by atoms with Gasteiger partial charge < -0.3 is 5.73 Å². The highest BCUT2D eigenvalue weighted by Crippen LogP contribution is 2.26. The minimum Gasteiger partial charge on any atom is -0.324 e. The maximum absolute atomic E-state index is 13.6. The van der Waals surface area contributed by atoms with Gasteiger partial charge in [-0.25, -0.2) is 8.78 Å². The Kier molecular flexibility index (Phi) is 3.21. The molecule has 0 aromatic heterocycles. The SMILES string of the molecule is Cc1ccc(F)c([C@@H](N)C(C)C)c1F. The number of aryl methyl sites for hydroxylation is 1. The summed E-state index contributed by atoms with van der Waals surface area (Å²) in [5.41, 5.74) is 6.16. The Morgan fingerprint density at radius 3 is 2.29 bits per heavy atom. The molecule has 0 radical (unpaired) electrons. The average molecular weight is 199 g/mol. The highest BCUT2D eigenvalue weighted by molar-refractivity contribution is 5.29. The Balaban J connectivity index is 3.25. The average Bonchev–Trinajstić information content (AvgIpc) is 2.12. The third-order valence-electron chi connectivity index (χ3n) is 2.37. The van der Waals surface area contributed by atoms with Crippen molar-refractivity contribution < 1.29 is 8.78 Å². The molecule has 0 spiro atoms. The molecule has 1 nitrogen and oxygen atoms in total. The molecule has 14 heavy (non-hydrogen) atoms. The zero-order valence-corrected chi connectivity index (χ0v) is 8.64. The van der Waals surface area contributed by atoms with Crippen LogP contribution in [-0.2, 0) is 0 Å². The van der Waals surface area contributed by atoms with Gasteiger partial charge in [0, 0.05) is 11.6 Å². The van der Waals surface area contributed by atoms with Crippen LogP contribution in [0.25, 0.3) is 0 Å². The predicted molar refractivity (Wildman–Crippen MR) is 52.9 cm³/mol. The van der Waals surface area contributed by atoms with Gasteiger partial charge in [0.25, 0.3) is 0 Å². The molecule has 78 valence electrons. The van der Waals surface area contributed by atoms with Crippen LogP contribution in [0.5, 0.6) is 0 Å². The van der Waals surface area contributed by atoms with E-state index in [2.05, 4.69) is 0 Å². The first kappa shape index (κ1) is 11.1. The van der Waals surface area contributed by atoms with Crippen LogP contribution < -0.4 is 5.73 Å². The van der Waals surface area contributed by atoms with Crippen molar-refractivity contribution in [3.63, 3.8) is 0 Å².